The highest BCUT2D eigenvalue weighted by molar-refractivity contribution is 7.26. The molecule has 12 aromatic rings. The fourth-order valence-electron chi connectivity index (χ4n) is 8.94. The van der Waals surface area contributed by atoms with Gasteiger partial charge in [0.15, 0.2) is 0 Å². The van der Waals surface area contributed by atoms with Crippen LogP contribution in [0.3, 0.4) is 0 Å². The van der Waals surface area contributed by atoms with Crippen LogP contribution < -0.4 is 0 Å². The molecule has 0 saturated carbocycles. The second-order valence-electron chi connectivity index (χ2n) is 14.7. The number of thiophene rings is 1. The van der Waals surface area contributed by atoms with Crippen LogP contribution in [0.5, 0.6) is 0 Å². The third kappa shape index (κ3) is 5.01. The van der Waals surface area contributed by atoms with Gasteiger partial charge in [-0.05, 0) is 90.0 Å². The summed E-state index contributed by atoms with van der Waals surface area (Å²) in [5.41, 5.74) is 13.7. The van der Waals surface area contributed by atoms with E-state index in [9.17, 15) is 0 Å². The lowest BCUT2D eigenvalue weighted by atomic mass is 10.0. The summed E-state index contributed by atoms with van der Waals surface area (Å²) in [6.07, 6.45) is 0. The number of para-hydroxylation sites is 3. The molecule has 0 N–H and O–H groups in total. The van der Waals surface area contributed by atoms with Crippen LogP contribution in [0.2, 0.25) is 0 Å². The van der Waals surface area contributed by atoms with E-state index in [1.165, 1.54) is 86.2 Å². The van der Waals surface area contributed by atoms with Crippen LogP contribution in [0.25, 0.3) is 109 Å². The highest BCUT2D eigenvalue weighted by Crippen LogP contribution is 2.41. The predicted octanol–water partition coefficient (Wildman–Crippen LogP) is 14.6. The zero-order chi connectivity index (χ0) is 37.5. The molecule has 0 aliphatic heterocycles. The van der Waals surface area contributed by atoms with Crippen LogP contribution in [0.4, 0.5) is 0 Å². The fourth-order valence-corrected chi connectivity index (χ4v) is 10.2. The van der Waals surface area contributed by atoms with Crippen molar-refractivity contribution in [1.29, 1.82) is 0 Å². The number of rotatable bonds is 5. The Bertz CT molecular complexity index is 3530. The van der Waals surface area contributed by atoms with E-state index in [0.29, 0.717) is 0 Å². The zero-order valence-electron chi connectivity index (χ0n) is 30.8. The molecule has 0 bridgehead atoms. The number of hydrogen-bond donors (Lipinski definition) is 0. The topological polar surface area (TPSA) is 22.8 Å². The number of fused-ring (bicyclic) bond motifs is 9. The minimum absolute atomic E-state index is 0.958. The Kier molecular flexibility index (Phi) is 7.10. The van der Waals surface area contributed by atoms with E-state index in [1.54, 1.807) is 0 Å². The van der Waals surface area contributed by atoms with Gasteiger partial charge in [0.05, 0.1) is 33.5 Å². The predicted molar refractivity (Wildman–Crippen MR) is 242 cm³/mol. The second kappa shape index (κ2) is 12.6. The first-order chi connectivity index (χ1) is 28.3. The summed E-state index contributed by atoms with van der Waals surface area (Å²) in [6.45, 7) is 0. The van der Waals surface area contributed by atoms with Crippen molar-refractivity contribution in [2.24, 2.45) is 0 Å². The van der Waals surface area contributed by atoms with Crippen LogP contribution in [-0.4, -0.2) is 14.1 Å². The summed E-state index contributed by atoms with van der Waals surface area (Å²) < 4.78 is 7.35. The SMILES string of the molecule is c1ccc(-n2c3ccccc3c3cc(-c4ccc5c(c4)c4ccccc4n5-c4cccc(-c5cccc(-c6cccc7c6sc6ccccc67)n5)c4)ccc32)cc1. The Morgan fingerprint density at radius 1 is 0.333 bits per heavy atom. The van der Waals surface area contributed by atoms with E-state index in [4.69, 9.17) is 4.98 Å². The van der Waals surface area contributed by atoms with Gasteiger partial charge in [-0.25, -0.2) is 4.98 Å². The molecule has 8 aromatic carbocycles. The molecule has 0 spiro atoms. The van der Waals surface area contributed by atoms with Gasteiger partial charge in [0.2, 0.25) is 0 Å². The number of nitrogens with zero attached hydrogens (tertiary/aromatic N) is 3. The number of pyridine rings is 1. The number of hydrogen-bond acceptors (Lipinski definition) is 2. The van der Waals surface area contributed by atoms with Crippen LogP contribution >= 0.6 is 11.3 Å². The van der Waals surface area contributed by atoms with Crippen molar-refractivity contribution in [1.82, 2.24) is 14.1 Å². The van der Waals surface area contributed by atoms with Gasteiger partial charge in [-0.15, -0.1) is 11.3 Å². The van der Waals surface area contributed by atoms with Crippen molar-refractivity contribution in [3.05, 3.63) is 200 Å². The average Bonchev–Trinajstić information content (AvgIpc) is 3.94. The van der Waals surface area contributed by atoms with Gasteiger partial charge in [0.1, 0.15) is 0 Å². The van der Waals surface area contributed by atoms with Gasteiger partial charge in [0.25, 0.3) is 0 Å². The molecule has 0 amide bonds. The van der Waals surface area contributed by atoms with E-state index in [1.807, 2.05) is 11.3 Å². The second-order valence-corrected chi connectivity index (χ2v) is 15.8. The van der Waals surface area contributed by atoms with Gasteiger partial charge in [-0.2, -0.15) is 0 Å². The summed E-state index contributed by atoms with van der Waals surface area (Å²) in [6, 6.07) is 72.5. The molecular weight excluding hydrogens is 711 g/mol. The molecule has 0 aliphatic rings. The number of aromatic nitrogens is 3. The van der Waals surface area contributed by atoms with Crippen molar-refractivity contribution >= 4 is 75.1 Å². The molecule has 4 heterocycles. The smallest absolute Gasteiger partial charge is 0.0723 e. The fraction of sp³-hybridized carbons (Fsp3) is 0. The van der Waals surface area contributed by atoms with E-state index in [2.05, 4.69) is 209 Å². The minimum atomic E-state index is 0.958. The molecule has 0 aliphatic carbocycles. The summed E-state index contributed by atoms with van der Waals surface area (Å²) >= 11 is 1.84. The summed E-state index contributed by atoms with van der Waals surface area (Å²) in [4.78, 5) is 5.28. The Balaban J connectivity index is 0.965. The molecule has 4 heteroatoms. The Morgan fingerprint density at radius 2 is 0.877 bits per heavy atom. The first-order valence-corrected chi connectivity index (χ1v) is 20.2. The molecule has 266 valence electrons. The normalized spacial score (nSPS) is 11.9. The van der Waals surface area contributed by atoms with Gasteiger partial charge >= 0.3 is 0 Å². The van der Waals surface area contributed by atoms with E-state index in [-0.39, 0.29) is 0 Å². The lowest BCUT2D eigenvalue weighted by molar-refractivity contribution is 1.18. The van der Waals surface area contributed by atoms with Crippen LogP contribution in [0.15, 0.2) is 200 Å². The van der Waals surface area contributed by atoms with Gasteiger partial charge in [-0.1, -0.05) is 121 Å². The Morgan fingerprint density at radius 3 is 1.61 bits per heavy atom. The molecule has 57 heavy (non-hydrogen) atoms. The van der Waals surface area contributed by atoms with Crippen LogP contribution in [0.1, 0.15) is 0 Å². The molecule has 0 unspecified atom stereocenters. The van der Waals surface area contributed by atoms with Gasteiger partial charge < -0.3 is 9.13 Å². The van der Waals surface area contributed by atoms with Crippen molar-refractivity contribution in [2.75, 3.05) is 0 Å². The van der Waals surface area contributed by atoms with E-state index in [0.717, 1.165) is 22.6 Å². The van der Waals surface area contributed by atoms with Crippen molar-refractivity contribution in [3.8, 4) is 45.0 Å². The third-order valence-corrected chi connectivity index (χ3v) is 12.7. The molecule has 12 rings (SSSR count). The summed E-state index contributed by atoms with van der Waals surface area (Å²) in [7, 11) is 0. The largest absolute Gasteiger partial charge is 0.309 e. The van der Waals surface area contributed by atoms with Gasteiger partial charge in [0, 0.05) is 64.2 Å². The monoisotopic (exact) mass is 743 g/mol. The summed E-state index contributed by atoms with van der Waals surface area (Å²) in [5, 5.41) is 7.56. The lowest BCUT2D eigenvalue weighted by Gasteiger charge is -2.11. The minimum Gasteiger partial charge on any atom is -0.309 e. The maximum absolute atomic E-state index is 5.28. The first-order valence-electron chi connectivity index (χ1n) is 19.4. The molecule has 0 radical (unpaired) electrons. The molecule has 0 atom stereocenters. The maximum atomic E-state index is 5.28. The molecule has 0 saturated heterocycles. The van der Waals surface area contributed by atoms with Crippen LogP contribution in [-0.2, 0) is 0 Å². The number of benzene rings is 8. The quantitative estimate of drug-likeness (QED) is 0.172. The highest BCUT2D eigenvalue weighted by atomic mass is 32.1. The maximum Gasteiger partial charge on any atom is 0.0723 e. The Hall–Kier alpha value is -7.27. The van der Waals surface area contributed by atoms with Crippen molar-refractivity contribution < 1.29 is 0 Å². The van der Waals surface area contributed by atoms with E-state index < -0.39 is 0 Å². The standard InChI is InChI=1S/C53H33N3S/c1-2-14-37(15-3-1)55-48-24-7-4-17-39(48)44-32-34(27-29-50(44)55)35-28-30-51-45(33-35)40-18-5-8-25-49(40)56(51)38-16-10-13-36(31-38)46-22-12-23-47(54-46)43-21-11-20-42-41-19-6-9-26-52(41)57-53(42)43/h1-33H. The van der Waals surface area contributed by atoms with Crippen molar-refractivity contribution in [2.45, 2.75) is 0 Å². The van der Waals surface area contributed by atoms with E-state index >= 15 is 0 Å². The molecule has 3 nitrogen and oxygen atoms in total. The molecule has 0 fully saturated rings. The lowest BCUT2D eigenvalue weighted by Crippen LogP contribution is -1.95. The molecular formula is C53H33N3S. The zero-order valence-corrected chi connectivity index (χ0v) is 31.6. The molecule has 4 aromatic heterocycles. The van der Waals surface area contributed by atoms with Crippen molar-refractivity contribution in [3.63, 3.8) is 0 Å². The average molecular weight is 744 g/mol. The van der Waals surface area contributed by atoms with Gasteiger partial charge in [-0.3, -0.25) is 0 Å². The first kappa shape index (κ1) is 32.0. The summed E-state index contributed by atoms with van der Waals surface area (Å²) in [5.74, 6) is 0. The third-order valence-electron chi connectivity index (χ3n) is 11.5. The van der Waals surface area contributed by atoms with Crippen LogP contribution in [0, 0.1) is 0 Å². The highest BCUT2D eigenvalue weighted by Gasteiger charge is 2.17. The Labute approximate surface area is 333 Å².